The van der Waals surface area contributed by atoms with Crippen molar-refractivity contribution in [3.05, 3.63) is 29.8 Å². The van der Waals surface area contributed by atoms with Gasteiger partial charge in [-0.05, 0) is 86.8 Å². The number of thioether (sulfide) groups is 1. The average Bonchev–Trinajstić information content (AvgIpc) is 2.64. The SMILES string of the molecule is CSc1ccc(C(=O)OCC(=O)NC(=O)NC23CC4CC(CC(C4)C2)C3)cc1. The van der Waals surface area contributed by atoms with E-state index in [4.69, 9.17) is 4.74 Å². The lowest BCUT2D eigenvalue weighted by Crippen LogP contribution is -2.62. The molecular weight excluding hydrogens is 376 g/mol. The Morgan fingerprint density at radius 2 is 1.61 bits per heavy atom. The fourth-order valence-electron chi connectivity index (χ4n) is 5.64. The monoisotopic (exact) mass is 402 g/mol. The van der Waals surface area contributed by atoms with Gasteiger partial charge in [-0.1, -0.05) is 0 Å². The van der Waals surface area contributed by atoms with Crippen molar-refractivity contribution in [1.29, 1.82) is 0 Å². The predicted octanol–water partition coefficient (Wildman–Crippen LogP) is 3.36. The molecule has 0 spiro atoms. The molecule has 2 N–H and O–H groups in total. The molecule has 28 heavy (non-hydrogen) atoms. The average molecular weight is 403 g/mol. The highest BCUT2D eigenvalue weighted by Gasteiger charge is 2.51. The molecule has 0 atom stereocenters. The summed E-state index contributed by atoms with van der Waals surface area (Å²) >= 11 is 1.58. The summed E-state index contributed by atoms with van der Waals surface area (Å²) in [5.74, 6) is 0.933. The highest BCUT2D eigenvalue weighted by atomic mass is 32.2. The maximum Gasteiger partial charge on any atom is 0.338 e. The molecule has 1 aromatic carbocycles. The second kappa shape index (κ2) is 7.78. The molecule has 3 amide bonds. The number of rotatable bonds is 5. The summed E-state index contributed by atoms with van der Waals surface area (Å²) in [6.07, 6.45) is 8.86. The molecule has 150 valence electrons. The van der Waals surface area contributed by atoms with Gasteiger partial charge in [0, 0.05) is 10.4 Å². The van der Waals surface area contributed by atoms with Gasteiger partial charge in [-0.3, -0.25) is 10.1 Å². The van der Waals surface area contributed by atoms with E-state index < -0.39 is 24.5 Å². The highest BCUT2D eigenvalue weighted by molar-refractivity contribution is 7.98. The van der Waals surface area contributed by atoms with E-state index in [1.54, 1.807) is 23.9 Å². The zero-order chi connectivity index (χ0) is 19.7. The number of nitrogens with one attached hydrogen (secondary N) is 2. The summed E-state index contributed by atoms with van der Waals surface area (Å²) in [4.78, 5) is 37.4. The van der Waals surface area contributed by atoms with E-state index >= 15 is 0 Å². The Hall–Kier alpha value is -2.02. The van der Waals surface area contributed by atoms with E-state index in [0.29, 0.717) is 23.3 Å². The molecule has 4 fully saturated rings. The molecule has 1 aromatic rings. The lowest BCUT2D eigenvalue weighted by Gasteiger charge is -2.56. The number of ether oxygens (including phenoxy) is 1. The van der Waals surface area contributed by atoms with Crippen LogP contribution in [0.3, 0.4) is 0 Å². The second-order valence-corrected chi connectivity index (χ2v) is 9.38. The van der Waals surface area contributed by atoms with Gasteiger partial charge in [-0.15, -0.1) is 11.8 Å². The van der Waals surface area contributed by atoms with Crippen molar-refractivity contribution in [2.45, 2.75) is 49.0 Å². The summed E-state index contributed by atoms with van der Waals surface area (Å²) < 4.78 is 5.02. The Kier molecular flexibility index (Phi) is 5.36. The molecule has 4 saturated carbocycles. The predicted molar refractivity (Wildman–Crippen MR) is 106 cm³/mol. The Morgan fingerprint density at radius 1 is 1.04 bits per heavy atom. The van der Waals surface area contributed by atoms with Crippen molar-refractivity contribution in [2.75, 3.05) is 12.9 Å². The maximum absolute atomic E-state index is 12.3. The molecule has 4 aliphatic carbocycles. The van der Waals surface area contributed by atoms with Crippen molar-refractivity contribution in [1.82, 2.24) is 10.6 Å². The molecule has 7 heteroatoms. The number of hydrogen-bond donors (Lipinski definition) is 2. The molecule has 0 unspecified atom stereocenters. The molecule has 4 bridgehead atoms. The van der Waals surface area contributed by atoms with Gasteiger partial charge in [-0.25, -0.2) is 9.59 Å². The van der Waals surface area contributed by atoms with Crippen LogP contribution < -0.4 is 10.6 Å². The molecule has 0 aromatic heterocycles. The van der Waals surface area contributed by atoms with Crippen molar-refractivity contribution in [3.8, 4) is 0 Å². The van der Waals surface area contributed by atoms with E-state index in [9.17, 15) is 14.4 Å². The van der Waals surface area contributed by atoms with Gasteiger partial charge in [0.1, 0.15) is 0 Å². The van der Waals surface area contributed by atoms with Crippen LogP contribution in [0.1, 0.15) is 48.9 Å². The van der Waals surface area contributed by atoms with Crippen LogP contribution in [0.2, 0.25) is 0 Å². The lowest BCUT2D eigenvalue weighted by molar-refractivity contribution is -0.123. The van der Waals surface area contributed by atoms with Crippen LogP contribution in [-0.4, -0.2) is 36.3 Å². The third-order valence-electron chi connectivity index (χ3n) is 6.33. The number of urea groups is 1. The van der Waals surface area contributed by atoms with Crippen LogP contribution in [0.25, 0.3) is 0 Å². The summed E-state index contributed by atoms with van der Waals surface area (Å²) in [5.41, 5.74) is 0.220. The molecule has 0 radical (unpaired) electrons. The van der Waals surface area contributed by atoms with Crippen molar-refractivity contribution in [3.63, 3.8) is 0 Å². The molecular formula is C21H26N2O4S. The van der Waals surface area contributed by atoms with Crippen molar-refractivity contribution in [2.24, 2.45) is 17.8 Å². The number of hydrogen-bond acceptors (Lipinski definition) is 5. The fourth-order valence-corrected chi connectivity index (χ4v) is 6.05. The lowest BCUT2D eigenvalue weighted by atomic mass is 9.53. The Labute approximate surface area is 169 Å². The quantitative estimate of drug-likeness (QED) is 0.583. The summed E-state index contributed by atoms with van der Waals surface area (Å²) in [5, 5.41) is 5.38. The number of amides is 3. The first-order chi connectivity index (χ1) is 13.4. The highest BCUT2D eigenvalue weighted by Crippen LogP contribution is 2.55. The van der Waals surface area contributed by atoms with Crippen molar-refractivity contribution < 1.29 is 19.1 Å². The minimum absolute atomic E-state index is 0.158. The molecule has 0 saturated heterocycles. The summed E-state index contributed by atoms with van der Waals surface area (Å²) in [7, 11) is 0. The van der Waals surface area contributed by atoms with Gasteiger partial charge >= 0.3 is 12.0 Å². The van der Waals surface area contributed by atoms with Crippen LogP contribution >= 0.6 is 11.8 Å². The van der Waals surface area contributed by atoms with Gasteiger partial charge in [-0.2, -0.15) is 0 Å². The van der Waals surface area contributed by atoms with Gasteiger partial charge in [0.25, 0.3) is 5.91 Å². The third kappa shape index (κ3) is 4.19. The standard InChI is InChI=1S/C21H26N2O4S/c1-28-17-4-2-16(3-5-17)19(25)27-12-18(24)22-20(26)23-21-9-13-6-14(10-21)8-15(7-13)11-21/h2-5,13-15H,6-12H2,1H3,(H2,22,23,24,26). The van der Waals surface area contributed by atoms with E-state index in [0.717, 1.165) is 24.2 Å². The number of carbonyl (C=O) groups is 3. The Bertz CT molecular complexity index is 742. The topological polar surface area (TPSA) is 84.5 Å². The first kappa shape index (κ1) is 19.3. The van der Waals surface area contributed by atoms with Gasteiger partial charge in [0.05, 0.1) is 5.56 Å². The van der Waals surface area contributed by atoms with Crippen LogP contribution in [0.15, 0.2) is 29.2 Å². The minimum atomic E-state index is -0.615. The number of benzene rings is 1. The maximum atomic E-state index is 12.3. The van der Waals surface area contributed by atoms with Gasteiger partial charge in [0.2, 0.25) is 0 Å². The zero-order valence-corrected chi connectivity index (χ0v) is 16.8. The molecule has 5 rings (SSSR count). The Morgan fingerprint density at radius 3 is 2.14 bits per heavy atom. The van der Waals surface area contributed by atoms with E-state index in [2.05, 4.69) is 10.6 Å². The number of imide groups is 1. The van der Waals surface area contributed by atoms with Crippen LogP contribution in [-0.2, 0) is 9.53 Å². The smallest absolute Gasteiger partial charge is 0.338 e. The summed E-state index contributed by atoms with van der Waals surface area (Å²) in [6.45, 7) is -0.475. The number of carbonyl (C=O) groups excluding carboxylic acids is 3. The molecule has 0 heterocycles. The van der Waals surface area contributed by atoms with Gasteiger partial charge in [0.15, 0.2) is 6.61 Å². The largest absolute Gasteiger partial charge is 0.452 e. The van der Waals surface area contributed by atoms with Gasteiger partial charge < -0.3 is 10.1 Å². The normalized spacial score (nSPS) is 30.0. The molecule has 4 aliphatic rings. The number of esters is 1. The van der Waals surface area contributed by atoms with Crippen LogP contribution in [0, 0.1) is 17.8 Å². The third-order valence-corrected chi connectivity index (χ3v) is 7.07. The van der Waals surface area contributed by atoms with E-state index in [1.165, 1.54) is 19.3 Å². The second-order valence-electron chi connectivity index (χ2n) is 8.50. The summed E-state index contributed by atoms with van der Waals surface area (Å²) in [6, 6.07) is 6.48. The zero-order valence-electron chi connectivity index (χ0n) is 16.0. The minimum Gasteiger partial charge on any atom is -0.452 e. The molecule has 0 aliphatic heterocycles. The first-order valence-electron chi connectivity index (χ1n) is 9.88. The van der Waals surface area contributed by atoms with Crippen LogP contribution in [0.5, 0.6) is 0 Å². The van der Waals surface area contributed by atoms with E-state index in [-0.39, 0.29) is 5.54 Å². The van der Waals surface area contributed by atoms with Crippen molar-refractivity contribution >= 4 is 29.7 Å². The Balaban J connectivity index is 1.24. The first-order valence-corrected chi connectivity index (χ1v) is 11.1. The van der Waals surface area contributed by atoms with Crippen LogP contribution in [0.4, 0.5) is 4.79 Å². The molecule has 6 nitrogen and oxygen atoms in total. The fraction of sp³-hybridized carbons (Fsp3) is 0.571. The van der Waals surface area contributed by atoms with E-state index in [1.807, 2.05) is 18.4 Å².